The van der Waals surface area contributed by atoms with E-state index in [1.54, 1.807) is 4.90 Å². The van der Waals surface area contributed by atoms with Crippen LogP contribution in [-0.2, 0) is 9.53 Å². The number of nitrogens with zero attached hydrogens (tertiary/aromatic N) is 1. The predicted octanol–water partition coefficient (Wildman–Crippen LogP) is 8.00. The Morgan fingerprint density at radius 3 is 1.71 bits per heavy atom. The fourth-order valence-electron chi connectivity index (χ4n) is 7.14. The molecule has 49 heavy (non-hydrogen) atoms. The van der Waals surface area contributed by atoms with Gasteiger partial charge in [-0.25, -0.2) is 0 Å². The number of aliphatic hydroxyl groups excluding tert-OH is 5. The fraction of sp³-hybridized carbons (Fsp3) is 0.927. The van der Waals surface area contributed by atoms with Crippen molar-refractivity contribution >= 4 is 5.91 Å². The Morgan fingerprint density at radius 2 is 1.14 bits per heavy atom. The fourth-order valence-corrected chi connectivity index (χ4v) is 7.14. The molecule has 0 aliphatic carbocycles. The molecule has 1 aliphatic heterocycles. The van der Waals surface area contributed by atoms with Crippen LogP contribution in [0.15, 0.2) is 12.2 Å². The van der Waals surface area contributed by atoms with E-state index in [0.717, 1.165) is 25.7 Å². The summed E-state index contributed by atoms with van der Waals surface area (Å²) in [5, 5.41) is 51.5. The first-order valence-corrected chi connectivity index (χ1v) is 20.7. The first-order valence-electron chi connectivity index (χ1n) is 20.7. The molecular formula is C41H79NO7. The predicted molar refractivity (Wildman–Crippen MR) is 201 cm³/mol. The molecule has 0 aromatic rings. The Labute approximate surface area is 301 Å². The molecule has 1 fully saturated rings. The molecule has 0 aromatic carbocycles. The normalized spacial score (nSPS) is 22.5. The molecule has 1 amide bonds. The zero-order valence-corrected chi connectivity index (χ0v) is 32.0. The standard InChI is InChI=1S/C41H79NO7/c1-4-7-10-13-15-17-18-19-21-24-27-34(26-23-12-9-6-3)28-29-38(45)42(30-25-22-20-16-14-11-8-5-2)32-35(44)31-36-39(46)41(48)40(47)37(33-43)49-36/h16,20,34-37,39-41,43-44,46-48H,4-15,17-19,21-33H2,1-3H3/t34?,35?,36?,37-,39+,40-,41-/m1/s1. The second kappa shape index (κ2) is 30.6. The Balaban J connectivity index is 2.73. The van der Waals surface area contributed by atoms with E-state index in [4.69, 9.17) is 4.74 Å². The van der Waals surface area contributed by atoms with Crippen molar-refractivity contribution in [2.75, 3.05) is 19.7 Å². The summed E-state index contributed by atoms with van der Waals surface area (Å²) < 4.78 is 5.64. The highest BCUT2D eigenvalue weighted by molar-refractivity contribution is 5.76. The van der Waals surface area contributed by atoms with Crippen LogP contribution in [0.25, 0.3) is 0 Å². The number of amides is 1. The number of hydrogen-bond acceptors (Lipinski definition) is 7. The lowest BCUT2D eigenvalue weighted by molar-refractivity contribution is -0.234. The number of hydrogen-bond donors (Lipinski definition) is 5. The van der Waals surface area contributed by atoms with Gasteiger partial charge in [-0.1, -0.05) is 148 Å². The highest BCUT2D eigenvalue weighted by Gasteiger charge is 2.44. The summed E-state index contributed by atoms with van der Waals surface area (Å²) in [5.74, 6) is 0.600. The van der Waals surface area contributed by atoms with Crippen LogP contribution in [0, 0.1) is 5.92 Å². The van der Waals surface area contributed by atoms with Crippen LogP contribution in [0.3, 0.4) is 0 Å². The van der Waals surface area contributed by atoms with Gasteiger partial charge >= 0.3 is 0 Å². The molecule has 8 heteroatoms. The smallest absolute Gasteiger partial charge is 0.222 e. The molecule has 0 saturated carbocycles. The number of unbranched alkanes of at least 4 members (excludes halogenated alkanes) is 16. The summed E-state index contributed by atoms with van der Waals surface area (Å²) in [7, 11) is 0. The van der Waals surface area contributed by atoms with Crippen LogP contribution in [0.2, 0.25) is 0 Å². The van der Waals surface area contributed by atoms with Gasteiger partial charge in [0.25, 0.3) is 0 Å². The summed E-state index contributed by atoms with van der Waals surface area (Å²) in [5.41, 5.74) is 0. The van der Waals surface area contributed by atoms with E-state index < -0.39 is 43.2 Å². The number of aliphatic hydroxyl groups is 5. The molecule has 1 aliphatic rings. The molecule has 1 rings (SSSR count). The van der Waals surface area contributed by atoms with Gasteiger partial charge in [-0.15, -0.1) is 0 Å². The van der Waals surface area contributed by atoms with Crippen LogP contribution in [-0.4, -0.2) is 92.7 Å². The first kappa shape index (κ1) is 46.0. The summed E-state index contributed by atoms with van der Waals surface area (Å²) in [6.45, 7) is 6.86. The van der Waals surface area contributed by atoms with Crippen molar-refractivity contribution in [2.24, 2.45) is 5.92 Å². The van der Waals surface area contributed by atoms with Crippen molar-refractivity contribution in [3.05, 3.63) is 12.2 Å². The third-order valence-electron chi connectivity index (χ3n) is 10.4. The Kier molecular flexibility index (Phi) is 28.7. The number of rotatable bonds is 32. The van der Waals surface area contributed by atoms with Gasteiger partial charge in [0.15, 0.2) is 0 Å². The third kappa shape index (κ3) is 21.8. The van der Waals surface area contributed by atoms with Crippen LogP contribution >= 0.6 is 0 Å². The van der Waals surface area contributed by atoms with Gasteiger partial charge in [0, 0.05) is 25.9 Å². The minimum atomic E-state index is -1.48. The largest absolute Gasteiger partial charge is 0.394 e. The van der Waals surface area contributed by atoms with E-state index in [1.165, 1.54) is 122 Å². The molecule has 0 spiro atoms. The van der Waals surface area contributed by atoms with Gasteiger partial charge < -0.3 is 35.2 Å². The highest BCUT2D eigenvalue weighted by Crippen LogP contribution is 2.26. The van der Waals surface area contributed by atoms with Crippen molar-refractivity contribution in [3.63, 3.8) is 0 Å². The average Bonchev–Trinajstić information content (AvgIpc) is 3.10. The third-order valence-corrected chi connectivity index (χ3v) is 10.4. The monoisotopic (exact) mass is 698 g/mol. The number of carbonyl (C=O) groups excluding carboxylic acids is 1. The minimum Gasteiger partial charge on any atom is -0.394 e. The van der Waals surface area contributed by atoms with Crippen molar-refractivity contribution in [3.8, 4) is 0 Å². The van der Waals surface area contributed by atoms with Gasteiger partial charge in [-0.2, -0.15) is 0 Å². The summed E-state index contributed by atoms with van der Waals surface area (Å²) >= 11 is 0. The van der Waals surface area contributed by atoms with Gasteiger partial charge in [-0.3, -0.25) is 4.79 Å². The average molecular weight is 698 g/mol. The van der Waals surface area contributed by atoms with Crippen LogP contribution in [0.5, 0.6) is 0 Å². The molecule has 0 aromatic heterocycles. The van der Waals surface area contributed by atoms with Crippen molar-refractivity contribution < 1.29 is 35.1 Å². The molecule has 7 atom stereocenters. The van der Waals surface area contributed by atoms with E-state index in [0.29, 0.717) is 18.9 Å². The van der Waals surface area contributed by atoms with Crippen LogP contribution in [0.1, 0.15) is 181 Å². The lowest BCUT2D eigenvalue weighted by Crippen LogP contribution is -2.59. The topological polar surface area (TPSA) is 131 Å². The zero-order valence-electron chi connectivity index (χ0n) is 32.0. The zero-order chi connectivity index (χ0) is 36.1. The lowest BCUT2D eigenvalue weighted by atomic mass is 9.90. The van der Waals surface area contributed by atoms with Crippen LogP contribution < -0.4 is 0 Å². The van der Waals surface area contributed by atoms with Crippen LogP contribution in [0.4, 0.5) is 0 Å². The Hall–Kier alpha value is -1.03. The summed E-state index contributed by atoms with van der Waals surface area (Å²) in [6.07, 6.45) is 25.5. The molecule has 290 valence electrons. The highest BCUT2D eigenvalue weighted by atomic mass is 16.5. The Bertz CT molecular complexity index is 794. The maximum Gasteiger partial charge on any atom is 0.222 e. The number of allylic oxidation sites excluding steroid dienone is 2. The summed E-state index contributed by atoms with van der Waals surface area (Å²) in [6, 6.07) is 0. The lowest BCUT2D eigenvalue weighted by Gasteiger charge is -2.41. The summed E-state index contributed by atoms with van der Waals surface area (Å²) in [4.78, 5) is 15.5. The van der Waals surface area contributed by atoms with Gasteiger partial charge in [0.2, 0.25) is 5.91 Å². The van der Waals surface area contributed by atoms with E-state index >= 15 is 0 Å². The maximum absolute atomic E-state index is 13.7. The Morgan fingerprint density at radius 1 is 0.653 bits per heavy atom. The molecule has 3 unspecified atom stereocenters. The minimum absolute atomic E-state index is 0.0125. The van der Waals surface area contributed by atoms with Gasteiger partial charge in [0.1, 0.15) is 24.4 Å². The van der Waals surface area contributed by atoms with Gasteiger partial charge in [-0.05, 0) is 38.0 Å². The number of ether oxygens (including phenoxy) is 1. The number of carbonyl (C=O) groups is 1. The van der Waals surface area contributed by atoms with E-state index in [-0.39, 0.29) is 18.9 Å². The second-order valence-electron chi connectivity index (χ2n) is 14.9. The second-order valence-corrected chi connectivity index (χ2v) is 14.9. The molecule has 0 radical (unpaired) electrons. The van der Waals surface area contributed by atoms with E-state index in [9.17, 15) is 30.3 Å². The molecular weight excluding hydrogens is 618 g/mol. The van der Waals surface area contributed by atoms with Crippen molar-refractivity contribution in [2.45, 2.75) is 218 Å². The molecule has 1 saturated heterocycles. The van der Waals surface area contributed by atoms with Crippen molar-refractivity contribution in [1.82, 2.24) is 4.90 Å². The quantitative estimate of drug-likeness (QED) is 0.0356. The molecule has 8 nitrogen and oxygen atoms in total. The van der Waals surface area contributed by atoms with E-state index in [1.807, 2.05) is 0 Å². The molecule has 5 N–H and O–H groups in total. The molecule has 1 heterocycles. The van der Waals surface area contributed by atoms with E-state index in [2.05, 4.69) is 32.9 Å². The first-order chi connectivity index (χ1) is 23.8. The SMILES string of the molecule is CCCCCC=CCCCN(CC(O)CC1O[C@H](CO)[C@@H](O)[C@H](O)[C@H]1O)C(=O)CCC(CCCCCC)CCCCCCCCCCCC. The van der Waals surface area contributed by atoms with Crippen molar-refractivity contribution in [1.29, 1.82) is 0 Å². The maximum atomic E-state index is 13.7. The molecule has 0 bridgehead atoms. The van der Waals surface area contributed by atoms with Gasteiger partial charge in [0.05, 0.1) is 18.8 Å².